The van der Waals surface area contributed by atoms with Crippen LogP contribution in [-0.4, -0.2) is 18.2 Å². The van der Waals surface area contributed by atoms with Crippen molar-refractivity contribution in [2.24, 2.45) is 0 Å². The number of anilines is 1. The molecule has 0 atom stereocenters. The van der Waals surface area contributed by atoms with Crippen LogP contribution in [-0.2, 0) is 6.42 Å². The quantitative estimate of drug-likeness (QED) is 0.899. The Morgan fingerprint density at radius 1 is 1.47 bits per heavy atom. The standard InChI is InChI=1S/C14H15NO3S/c1-3-8-6-9(4-5-11(8)18-2)10-7-19-13(12(10)15)14(16)17/h4-7H,3,15H2,1-2H3,(H,16,17). The second kappa shape index (κ2) is 5.32. The number of carboxylic acid groups (broad SMARTS) is 1. The van der Waals surface area contributed by atoms with Gasteiger partial charge in [0.25, 0.3) is 0 Å². The minimum atomic E-state index is -0.988. The third-order valence-electron chi connectivity index (χ3n) is 3.00. The first-order valence-electron chi connectivity index (χ1n) is 5.86. The third kappa shape index (κ3) is 2.42. The first-order chi connectivity index (χ1) is 9.08. The van der Waals surface area contributed by atoms with Crippen molar-refractivity contribution in [1.29, 1.82) is 0 Å². The van der Waals surface area contributed by atoms with Crippen LogP contribution in [0.3, 0.4) is 0 Å². The van der Waals surface area contributed by atoms with Gasteiger partial charge in [0.15, 0.2) is 0 Å². The highest BCUT2D eigenvalue weighted by atomic mass is 32.1. The fraction of sp³-hybridized carbons (Fsp3) is 0.214. The summed E-state index contributed by atoms with van der Waals surface area (Å²) in [6.45, 7) is 2.04. The molecule has 1 aromatic carbocycles. The molecule has 2 rings (SSSR count). The van der Waals surface area contributed by atoms with E-state index in [4.69, 9.17) is 15.6 Å². The van der Waals surface area contributed by atoms with E-state index >= 15 is 0 Å². The number of carboxylic acids is 1. The Morgan fingerprint density at radius 2 is 2.21 bits per heavy atom. The summed E-state index contributed by atoms with van der Waals surface area (Å²) in [4.78, 5) is 11.2. The van der Waals surface area contributed by atoms with Crippen LogP contribution in [0.1, 0.15) is 22.2 Å². The van der Waals surface area contributed by atoms with Crippen molar-refractivity contribution in [2.75, 3.05) is 12.8 Å². The average Bonchev–Trinajstić information content (AvgIpc) is 2.80. The number of ether oxygens (including phenoxy) is 1. The van der Waals surface area contributed by atoms with Crippen LogP contribution in [0.15, 0.2) is 23.6 Å². The normalized spacial score (nSPS) is 10.4. The van der Waals surface area contributed by atoms with Crippen molar-refractivity contribution in [3.8, 4) is 16.9 Å². The second-order valence-corrected chi connectivity index (χ2v) is 4.96. The van der Waals surface area contributed by atoms with E-state index in [0.717, 1.165) is 40.2 Å². The third-order valence-corrected chi connectivity index (χ3v) is 3.98. The molecule has 0 aliphatic heterocycles. The molecule has 0 bridgehead atoms. The lowest BCUT2D eigenvalue weighted by atomic mass is 10.0. The van der Waals surface area contributed by atoms with E-state index < -0.39 is 5.97 Å². The number of carbonyl (C=O) groups is 1. The Bertz CT molecular complexity index is 619. The number of thiophene rings is 1. The Hall–Kier alpha value is -2.01. The molecule has 0 aliphatic rings. The van der Waals surface area contributed by atoms with E-state index in [-0.39, 0.29) is 4.88 Å². The van der Waals surface area contributed by atoms with E-state index in [0.29, 0.717) is 5.69 Å². The zero-order valence-electron chi connectivity index (χ0n) is 10.8. The van der Waals surface area contributed by atoms with Gasteiger partial charge < -0.3 is 15.6 Å². The lowest BCUT2D eigenvalue weighted by molar-refractivity contribution is 0.0703. The van der Waals surface area contributed by atoms with Crippen LogP contribution in [0, 0.1) is 0 Å². The van der Waals surface area contributed by atoms with Crippen molar-refractivity contribution < 1.29 is 14.6 Å². The van der Waals surface area contributed by atoms with Crippen molar-refractivity contribution in [1.82, 2.24) is 0 Å². The molecule has 0 saturated carbocycles. The highest BCUT2D eigenvalue weighted by Gasteiger charge is 2.16. The fourth-order valence-electron chi connectivity index (χ4n) is 1.98. The van der Waals surface area contributed by atoms with E-state index in [2.05, 4.69) is 0 Å². The topological polar surface area (TPSA) is 72.5 Å². The maximum atomic E-state index is 11.0. The molecule has 0 spiro atoms. The molecule has 1 heterocycles. The van der Waals surface area contributed by atoms with Gasteiger partial charge >= 0.3 is 5.97 Å². The molecule has 3 N–H and O–H groups in total. The molecular weight excluding hydrogens is 262 g/mol. The number of aromatic carboxylic acids is 1. The minimum Gasteiger partial charge on any atom is -0.496 e. The van der Waals surface area contributed by atoms with Gasteiger partial charge in [-0.1, -0.05) is 13.0 Å². The molecule has 100 valence electrons. The van der Waals surface area contributed by atoms with Gasteiger partial charge in [-0.2, -0.15) is 0 Å². The molecular formula is C14H15NO3S. The number of aryl methyl sites for hydroxylation is 1. The zero-order valence-corrected chi connectivity index (χ0v) is 11.6. The van der Waals surface area contributed by atoms with Gasteiger partial charge in [0, 0.05) is 10.9 Å². The monoisotopic (exact) mass is 277 g/mol. The van der Waals surface area contributed by atoms with E-state index in [1.165, 1.54) is 0 Å². The Labute approximate surface area is 115 Å². The molecule has 4 nitrogen and oxygen atoms in total. The largest absolute Gasteiger partial charge is 0.496 e. The summed E-state index contributed by atoms with van der Waals surface area (Å²) in [6.07, 6.45) is 0.840. The molecule has 5 heteroatoms. The number of nitrogens with two attached hydrogens (primary N) is 1. The van der Waals surface area contributed by atoms with E-state index in [9.17, 15) is 4.79 Å². The molecule has 0 radical (unpaired) electrons. The van der Waals surface area contributed by atoms with Gasteiger partial charge in [0.05, 0.1) is 12.8 Å². The van der Waals surface area contributed by atoms with Crippen LogP contribution >= 0.6 is 11.3 Å². The summed E-state index contributed by atoms with van der Waals surface area (Å²) in [5, 5.41) is 10.8. The predicted octanol–water partition coefficient (Wildman–Crippen LogP) is 3.27. The number of methoxy groups -OCH3 is 1. The number of benzene rings is 1. The molecule has 0 saturated heterocycles. The number of nitrogen functional groups attached to an aromatic ring is 1. The van der Waals surface area contributed by atoms with Crippen molar-refractivity contribution in [3.05, 3.63) is 34.0 Å². The summed E-state index contributed by atoms with van der Waals surface area (Å²) in [6, 6.07) is 5.76. The van der Waals surface area contributed by atoms with Crippen molar-refractivity contribution in [3.63, 3.8) is 0 Å². The average molecular weight is 277 g/mol. The first kappa shape index (κ1) is 13.4. The van der Waals surface area contributed by atoms with Crippen LogP contribution < -0.4 is 10.5 Å². The summed E-state index contributed by atoms with van der Waals surface area (Å²) in [5.74, 6) is -0.156. The van der Waals surface area contributed by atoms with Gasteiger partial charge in [-0.25, -0.2) is 4.79 Å². The van der Waals surface area contributed by atoms with Crippen LogP contribution in [0.25, 0.3) is 11.1 Å². The molecule has 0 amide bonds. The molecule has 2 aromatic rings. The molecule has 1 aromatic heterocycles. The highest BCUT2D eigenvalue weighted by molar-refractivity contribution is 7.13. The van der Waals surface area contributed by atoms with Gasteiger partial charge in [-0.15, -0.1) is 11.3 Å². The van der Waals surface area contributed by atoms with E-state index in [1.807, 2.05) is 25.1 Å². The van der Waals surface area contributed by atoms with Gasteiger partial charge in [0.2, 0.25) is 0 Å². The molecule has 0 aliphatic carbocycles. The Kier molecular flexibility index (Phi) is 3.76. The van der Waals surface area contributed by atoms with E-state index in [1.54, 1.807) is 12.5 Å². The Balaban J connectivity index is 2.50. The van der Waals surface area contributed by atoms with Crippen molar-refractivity contribution in [2.45, 2.75) is 13.3 Å². The zero-order chi connectivity index (χ0) is 14.0. The highest BCUT2D eigenvalue weighted by Crippen LogP contribution is 2.36. The molecule has 0 unspecified atom stereocenters. The maximum absolute atomic E-state index is 11.0. The number of rotatable bonds is 4. The lowest BCUT2D eigenvalue weighted by Gasteiger charge is -2.09. The Morgan fingerprint density at radius 3 is 2.74 bits per heavy atom. The summed E-state index contributed by atoms with van der Waals surface area (Å²) in [5.41, 5.74) is 8.97. The summed E-state index contributed by atoms with van der Waals surface area (Å²) >= 11 is 1.15. The van der Waals surface area contributed by atoms with Gasteiger partial charge in [0.1, 0.15) is 10.6 Å². The van der Waals surface area contributed by atoms with Gasteiger partial charge in [-0.3, -0.25) is 0 Å². The lowest BCUT2D eigenvalue weighted by Crippen LogP contribution is -1.98. The minimum absolute atomic E-state index is 0.184. The van der Waals surface area contributed by atoms with Crippen LogP contribution in [0.4, 0.5) is 5.69 Å². The first-order valence-corrected chi connectivity index (χ1v) is 6.74. The number of hydrogen-bond acceptors (Lipinski definition) is 4. The van der Waals surface area contributed by atoms with Gasteiger partial charge in [-0.05, 0) is 29.7 Å². The van der Waals surface area contributed by atoms with Crippen LogP contribution in [0.2, 0.25) is 0 Å². The fourth-order valence-corrected chi connectivity index (χ4v) is 2.82. The van der Waals surface area contributed by atoms with Crippen molar-refractivity contribution >= 4 is 23.0 Å². The summed E-state index contributed by atoms with van der Waals surface area (Å²) in [7, 11) is 1.63. The maximum Gasteiger partial charge on any atom is 0.348 e. The second-order valence-electron chi connectivity index (χ2n) is 4.08. The SMILES string of the molecule is CCc1cc(-c2csc(C(=O)O)c2N)ccc1OC. The summed E-state index contributed by atoms with van der Waals surface area (Å²) < 4.78 is 5.28. The molecule has 0 fully saturated rings. The molecule has 19 heavy (non-hydrogen) atoms. The number of hydrogen-bond donors (Lipinski definition) is 2. The van der Waals surface area contributed by atoms with Crippen LogP contribution in [0.5, 0.6) is 5.75 Å². The smallest absolute Gasteiger partial charge is 0.348 e. The predicted molar refractivity (Wildman–Crippen MR) is 77.1 cm³/mol.